The molecule has 3 rings (SSSR count). The van der Waals surface area contributed by atoms with E-state index in [2.05, 4.69) is 15.3 Å². The van der Waals surface area contributed by atoms with Crippen molar-refractivity contribution in [2.45, 2.75) is 12.5 Å². The third-order valence-corrected chi connectivity index (χ3v) is 3.96. The van der Waals surface area contributed by atoms with Crippen molar-refractivity contribution in [2.75, 3.05) is 40.0 Å². The van der Waals surface area contributed by atoms with E-state index in [-0.39, 0.29) is 11.9 Å². The fourth-order valence-electron chi connectivity index (χ4n) is 2.61. The van der Waals surface area contributed by atoms with Crippen molar-refractivity contribution < 1.29 is 18.6 Å². The van der Waals surface area contributed by atoms with E-state index in [1.54, 1.807) is 25.6 Å². The molecule has 1 aliphatic rings. The summed E-state index contributed by atoms with van der Waals surface area (Å²) in [5.74, 6) is 0.843. The maximum Gasteiger partial charge on any atom is 0.156 e. The minimum Gasteiger partial charge on any atom is -0.488 e. The van der Waals surface area contributed by atoms with Gasteiger partial charge in [-0.15, -0.1) is 0 Å². The van der Waals surface area contributed by atoms with Gasteiger partial charge in [-0.05, 0) is 17.2 Å². The second kappa shape index (κ2) is 8.84. The van der Waals surface area contributed by atoms with Gasteiger partial charge in [-0.3, -0.25) is 0 Å². The SMILES string of the molecule is COCCOc1cnc(Cc2ccc([C@H]3CNCCO3)cc2F)nc1. The topological polar surface area (TPSA) is 65.5 Å². The highest BCUT2D eigenvalue weighted by Crippen LogP contribution is 2.22. The number of ether oxygens (including phenoxy) is 3. The van der Waals surface area contributed by atoms with E-state index >= 15 is 0 Å². The molecule has 0 saturated carbocycles. The normalized spacial score (nSPS) is 17.4. The second-order valence-electron chi connectivity index (χ2n) is 5.77. The van der Waals surface area contributed by atoms with Crippen LogP contribution in [0.2, 0.25) is 0 Å². The Morgan fingerprint density at radius 1 is 1.28 bits per heavy atom. The van der Waals surface area contributed by atoms with Crippen LogP contribution < -0.4 is 10.1 Å². The van der Waals surface area contributed by atoms with Crippen molar-refractivity contribution in [3.63, 3.8) is 0 Å². The molecule has 1 N–H and O–H groups in total. The van der Waals surface area contributed by atoms with Crippen LogP contribution in [0, 0.1) is 5.82 Å². The maximum absolute atomic E-state index is 14.4. The molecule has 0 unspecified atom stereocenters. The molecule has 1 aliphatic heterocycles. The zero-order valence-electron chi connectivity index (χ0n) is 14.2. The lowest BCUT2D eigenvalue weighted by molar-refractivity contribution is 0.0275. The van der Waals surface area contributed by atoms with Gasteiger partial charge in [0.25, 0.3) is 0 Å². The molecular weight excluding hydrogens is 325 g/mol. The predicted octanol–water partition coefficient (Wildman–Crippen LogP) is 1.89. The number of rotatable bonds is 7. The van der Waals surface area contributed by atoms with Gasteiger partial charge in [0.1, 0.15) is 18.2 Å². The first-order valence-corrected chi connectivity index (χ1v) is 8.29. The van der Waals surface area contributed by atoms with Crippen LogP contribution in [0.4, 0.5) is 4.39 Å². The number of nitrogens with one attached hydrogen (secondary N) is 1. The van der Waals surface area contributed by atoms with E-state index in [0.717, 1.165) is 12.1 Å². The Morgan fingerprint density at radius 2 is 2.12 bits per heavy atom. The summed E-state index contributed by atoms with van der Waals surface area (Å²) in [6.07, 6.45) is 3.41. The first-order chi connectivity index (χ1) is 12.3. The molecule has 0 radical (unpaired) electrons. The largest absolute Gasteiger partial charge is 0.488 e. The van der Waals surface area contributed by atoms with Crippen LogP contribution in [0.1, 0.15) is 23.1 Å². The molecule has 134 valence electrons. The molecular formula is C18H22FN3O3. The third-order valence-electron chi connectivity index (χ3n) is 3.96. The Labute approximate surface area is 146 Å². The average molecular weight is 347 g/mol. The Bertz CT molecular complexity index is 676. The van der Waals surface area contributed by atoms with Crippen molar-refractivity contribution >= 4 is 0 Å². The maximum atomic E-state index is 14.4. The molecule has 2 aromatic rings. The first-order valence-electron chi connectivity index (χ1n) is 8.29. The predicted molar refractivity (Wildman–Crippen MR) is 90.2 cm³/mol. The minimum absolute atomic E-state index is 0.0999. The lowest BCUT2D eigenvalue weighted by Crippen LogP contribution is -2.33. The first kappa shape index (κ1) is 17.7. The summed E-state index contributed by atoms with van der Waals surface area (Å²) >= 11 is 0. The number of benzene rings is 1. The lowest BCUT2D eigenvalue weighted by atomic mass is 10.0. The van der Waals surface area contributed by atoms with Crippen LogP contribution in [0.25, 0.3) is 0 Å². The fourth-order valence-corrected chi connectivity index (χ4v) is 2.61. The summed E-state index contributed by atoms with van der Waals surface area (Å²) in [7, 11) is 1.61. The zero-order valence-corrected chi connectivity index (χ0v) is 14.2. The Morgan fingerprint density at radius 3 is 2.80 bits per heavy atom. The molecule has 0 bridgehead atoms. The number of hydrogen-bond donors (Lipinski definition) is 1. The van der Waals surface area contributed by atoms with Gasteiger partial charge < -0.3 is 19.5 Å². The zero-order chi connectivity index (χ0) is 17.5. The highest BCUT2D eigenvalue weighted by Gasteiger charge is 2.17. The summed E-state index contributed by atoms with van der Waals surface area (Å²) in [5, 5.41) is 3.24. The molecule has 7 heteroatoms. The lowest BCUT2D eigenvalue weighted by Gasteiger charge is -2.24. The molecule has 6 nitrogen and oxygen atoms in total. The summed E-state index contributed by atoms with van der Waals surface area (Å²) in [5.41, 5.74) is 1.40. The Hall–Kier alpha value is -2.09. The molecule has 0 spiro atoms. The molecule has 1 fully saturated rings. The monoisotopic (exact) mass is 347 g/mol. The van der Waals surface area contributed by atoms with Crippen LogP contribution in [0.15, 0.2) is 30.6 Å². The summed E-state index contributed by atoms with van der Waals surface area (Å²) < 4.78 is 30.4. The quantitative estimate of drug-likeness (QED) is 0.772. The van der Waals surface area contributed by atoms with E-state index in [1.165, 1.54) is 6.07 Å². The van der Waals surface area contributed by atoms with E-state index in [4.69, 9.17) is 14.2 Å². The van der Waals surface area contributed by atoms with Gasteiger partial charge in [0.05, 0.1) is 31.7 Å². The number of nitrogens with zero attached hydrogens (tertiary/aromatic N) is 2. The van der Waals surface area contributed by atoms with E-state index in [9.17, 15) is 4.39 Å². The molecule has 1 aromatic heterocycles. The fraction of sp³-hybridized carbons (Fsp3) is 0.444. The van der Waals surface area contributed by atoms with Crippen LogP contribution >= 0.6 is 0 Å². The number of halogens is 1. The van der Waals surface area contributed by atoms with E-state index in [1.807, 2.05) is 6.07 Å². The molecule has 1 aromatic carbocycles. The second-order valence-corrected chi connectivity index (χ2v) is 5.77. The van der Waals surface area contributed by atoms with Gasteiger partial charge in [-0.2, -0.15) is 0 Å². The number of morpholine rings is 1. The average Bonchev–Trinajstić information content (AvgIpc) is 2.66. The molecule has 1 saturated heterocycles. The third kappa shape index (κ3) is 4.94. The summed E-state index contributed by atoms with van der Waals surface area (Å²) in [4.78, 5) is 8.46. The van der Waals surface area contributed by atoms with Crippen LogP contribution in [-0.4, -0.2) is 50.0 Å². The molecule has 0 aliphatic carbocycles. The molecule has 1 atom stereocenters. The van der Waals surface area contributed by atoms with Crippen LogP contribution in [0.5, 0.6) is 5.75 Å². The van der Waals surface area contributed by atoms with Crippen LogP contribution in [-0.2, 0) is 15.9 Å². The number of aromatic nitrogens is 2. The van der Waals surface area contributed by atoms with Crippen molar-refractivity contribution in [2.24, 2.45) is 0 Å². The van der Waals surface area contributed by atoms with Crippen molar-refractivity contribution in [3.8, 4) is 5.75 Å². The molecule has 0 amide bonds. The van der Waals surface area contributed by atoms with E-state index < -0.39 is 0 Å². The number of hydrogen-bond acceptors (Lipinski definition) is 6. The van der Waals surface area contributed by atoms with Crippen molar-refractivity contribution in [3.05, 3.63) is 53.4 Å². The number of methoxy groups -OCH3 is 1. The molecule has 25 heavy (non-hydrogen) atoms. The Balaban J connectivity index is 1.62. The Kier molecular flexibility index (Phi) is 6.27. The standard InChI is InChI=1S/C18H22FN3O3/c1-23-6-7-24-15-10-21-18(22-11-15)9-13-2-3-14(8-16(13)19)17-12-20-4-5-25-17/h2-3,8,10-11,17,20H,4-7,9,12H2,1H3/t17-/m1/s1. The summed E-state index contributed by atoms with van der Waals surface area (Å²) in [6.45, 7) is 3.11. The highest BCUT2D eigenvalue weighted by molar-refractivity contribution is 5.28. The molecule has 2 heterocycles. The minimum atomic E-state index is -0.268. The van der Waals surface area contributed by atoms with Gasteiger partial charge in [0.2, 0.25) is 0 Å². The van der Waals surface area contributed by atoms with Crippen molar-refractivity contribution in [1.29, 1.82) is 0 Å². The van der Waals surface area contributed by atoms with Gasteiger partial charge in [-0.1, -0.05) is 12.1 Å². The van der Waals surface area contributed by atoms with Gasteiger partial charge >= 0.3 is 0 Å². The van der Waals surface area contributed by atoms with Gasteiger partial charge in [0, 0.05) is 26.6 Å². The summed E-state index contributed by atoms with van der Waals surface area (Å²) in [6, 6.07) is 5.21. The van der Waals surface area contributed by atoms with Gasteiger partial charge in [0.15, 0.2) is 5.75 Å². The van der Waals surface area contributed by atoms with Crippen molar-refractivity contribution in [1.82, 2.24) is 15.3 Å². The van der Waals surface area contributed by atoms with Gasteiger partial charge in [-0.25, -0.2) is 14.4 Å². The van der Waals surface area contributed by atoms with Crippen LogP contribution in [0.3, 0.4) is 0 Å². The smallest absolute Gasteiger partial charge is 0.156 e. The van der Waals surface area contributed by atoms with E-state index in [0.29, 0.717) is 49.9 Å². The highest BCUT2D eigenvalue weighted by atomic mass is 19.1.